The molecule has 21 heavy (non-hydrogen) atoms. The summed E-state index contributed by atoms with van der Waals surface area (Å²) in [4.78, 5) is 27.7. The van der Waals surface area contributed by atoms with Crippen molar-refractivity contribution in [3.63, 3.8) is 0 Å². The standard InChI is InChI=1S/C15H11N3O2S/c1-10-13(19)16-15-18(17-10)14(20)12(21-15)9-5-8-11-6-3-2-4-7-11/h2-9H,1H3/b8-5+,12-9?. The topological polar surface area (TPSA) is 64.3 Å². The molecule has 0 N–H and O–H groups in total. The fourth-order valence-electron chi connectivity index (χ4n) is 1.81. The van der Waals surface area contributed by atoms with Gasteiger partial charge in [-0.05, 0) is 18.6 Å². The third-order valence-electron chi connectivity index (χ3n) is 2.88. The Hall–Kier alpha value is -2.60. The molecular weight excluding hydrogens is 286 g/mol. The number of hydrogen-bond acceptors (Lipinski definition) is 5. The summed E-state index contributed by atoms with van der Waals surface area (Å²) in [6, 6.07) is 9.77. The van der Waals surface area contributed by atoms with E-state index in [0.29, 0.717) is 9.49 Å². The molecule has 3 rings (SSSR count). The number of hydrogen-bond donors (Lipinski definition) is 0. The van der Waals surface area contributed by atoms with Crippen LogP contribution in [0.25, 0.3) is 17.1 Å². The van der Waals surface area contributed by atoms with Gasteiger partial charge < -0.3 is 0 Å². The molecule has 0 bridgehead atoms. The maximum Gasteiger partial charge on any atom is 0.295 e. The molecule has 0 amide bonds. The van der Waals surface area contributed by atoms with E-state index >= 15 is 0 Å². The van der Waals surface area contributed by atoms with Gasteiger partial charge in [-0.3, -0.25) is 9.59 Å². The van der Waals surface area contributed by atoms with E-state index in [9.17, 15) is 9.59 Å². The van der Waals surface area contributed by atoms with Crippen molar-refractivity contribution in [1.29, 1.82) is 0 Å². The Morgan fingerprint density at radius 2 is 1.95 bits per heavy atom. The SMILES string of the molecule is Cc1nn2c(=O)c(=C/C=C/c3ccccc3)sc2nc1=O. The number of aromatic nitrogens is 3. The molecule has 0 atom stereocenters. The minimum atomic E-state index is -0.400. The molecule has 6 heteroatoms. The van der Waals surface area contributed by atoms with Crippen molar-refractivity contribution in [3.8, 4) is 0 Å². The molecule has 0 radical (unpaired) electrons. The fraction of sp³-hybridized carbons (Fsp3) is 0.0667. The van der Waals surface area contributed by atoms with Gasteiger partial charge in [0.2, 0.25) is 4.96 Å². The van der Waals surface area contributed by atoms with E-state index < -0.39 is 5.56 Å². The molecule has 3 aromatic rings. The zero-order valence-corrected chi connectivity index (χ0v) is 12.0. The number of fused-ring (bicyclic) bond motifs is 1. The van der Waals surface area contributed by atoms with Crippen LogP contribution in [0.2, 0.25) is 0 Å². The van der Waals surface area contributed by atoms with Crippen LogP contribution in [0.1, 0.15) is 11.3 Å². The zero-order chi connectivity index (χ0) is 14.8. The highest BCUT2D eigenvalue weighted by Gasteiger charge is 2.07. The Labute approximate surface area is 123 Å². The molecule has 2 heterocycles. The highest BCUT2D eigenvalue weighted by atomic mass is 32.1. The van der Waals surface area contributed by atoms with Gasteiger partial charge >= 0.3 is 0 Å². The molecule has 1 aromatic carbocycles. The van der Waals surface area contributed by atoms with Crippen molar-refractivity contribution in [3.05, 3.63) is 72.9 Å². The monoisotopic (exact) mass is 297 g/mol. The van der Waals surface area contributed by atoms with Crippen LogP contribution in [-0.2, 0) is 0 Å². The Balaban J connectivity index is 2.07. The average Bonchev–Trinajstić information content (AvgIpc) is 2.77. The Bertz CT molecular complexity index is 987. The number of aryl methyl sites for hydroxylation is 1. The van der Waals surface area contributed by atoms with Crippen molar-refractivity contribution in [2.24, 2.45) is 0 Å². The summed E-state index contributed by atoms with van der Waals surface area (Å²) in [7, 11) is 0. The van der Waals surface area contributed by atoms with Gasteiger partial charge in [0.05, 0.1) is 4.53 Å². The van der Waals surface area contributed by atoms with E-state index in [4.69, 9.17) is 0 Å². The second kappa shape index (κ2) is 5.41. The minimum Gasteiger partial charge on any atom is -0.266 e. The second-order valence-electron chi connectivity index (χ2n) is 4.40. The van der Waals surface area contributed by atoms with Gasteiger partial charge in [-0.15, -0.1) is 0 Å². The molecule has 0 aliphatic carbocycles. The first-order valence-corrected chi connectivity index (χ1v) is 7.11. The molecule has 5 nitrogen and oxygen atoms in total. The quantitative estimate of drug-likeness (QED) is 0.709. The number of nitrogens with zero attached hydrogens (tertiary/aromatic N) is 3. The van der Waals surface area contributed by atoms with Crippen molar-refractivity contribution in [2.45, 2.75) is 6.92 Å². The van der Waals surface area contributed by atoms with Gasteiger partial charge in [-0.2, -0.15) is 14.6 Å². The summed E-state index contributed by atoms with van der Waals surface area (Å²) in [5.74, 6) is 0. The summed E-state index contributed by atoms with van der Waals surface area (Å²) >= 11 is 1.15. The van der Waals surface area contributed by atoms with E-state index in [1.807, 2.05) is 36.4 Å². The maximum atomic E-state index is 12.1. The van der Waals surface area contributed by atoms with Gasteiger partial charge in [0.15, 0.2) is 0 Å². The lowest BCUT2D eigenvalue weighted by Gasteiger charge is -1.89. The van der Waals surface area contributed by atoms with Crippen LogP contribution < -0.4 is 15.7 Å². The molecule has 0 aliphatic rings. The first kappa shape index (κ1) is 13.4. The van der Waals surface area contributed by atoms with Gasteiger partial charge in [-0.25, -0.2) is 0 Å². The normalized spacial score (nSPS) is 12.5. The van der Waals surface area contributed by atoms with Crippen LogP contribution in [0.4, 0.5) is 0 Å². The first-order chi connectivity index (χ1) is 10.1. The van der Waals surface area contributed by atoms with Crippen molar-refractivity contribution >= 4 is 28.4 Å². The maximum absolute atomic E-state index is 12.1. The molecule has 0 fully saturated rings. The van der Waals surface area contributed by atoms with Crippen molar-refractivity contribution in [2.75, 3.05) is 0 Å². The third kappa shape index (κ3) is 2.66. The lowest BCUT2D eigenvalue weighted by Crippen LogP contribution is -2.26. The largest absolute Gasteiger partial charge is 0.295 e. The van der Waals surface area contributed by atoms with Crippen LogP contribution in [0.3, 0.4) is 0 Å². The van der Waals surface area contributed by atoms with Gasteiger partial charge in [-0.1, -0.05) is 53.8 Å². The second-order valence-corrected chi connectivity index (χ2v) is 5.41. The number of allylic oxidation sites excluding steroid dienone is 1. The molecule has 0 saturated carbocycles. The smallest absolute Gasteiger partial charge is 0.266 e. The van der Waals surface area contributed by atoms with Crippen LogP contribution in [0, 0.1) is 6.92 Å². The summed E-state index contributed by atoms with van der Waals surface area (Å²) in [6.45, 7) is 1.54. The van der Waals surface area contributed by atoms with Gasteiger partial charge in [0, 0.05) is 0 Å². The van der Waals surface area contributed by atoms with E-state index in [-0.39, 0.29) is 11.3 Å². The highest BCUT2D eigenvalue weighted by molar-refractivity contribution is 7.15. The number of thiazole rings is 1. The Morgan fingerprint density at radius 1 is 1.19 bits per heavy atom. The predicted molar refractivity (Wildman–Crippen MR) is 83.3 cm³/mol. The average molecular weight is 297 g/mol. The van der Waals surface area contributed by atoms with Gasteiger partial charge in [0.25, 0.3) is 11.1 Å². The molecule has 0 saturated heterocycles. The zero-order valence-electron chi connectivity index (χ0n) is 11.2. The Kier molecular flexibility index (Phi) is 3.45. The van der Waals surface area contributed by atoms with Crippen LogP contribution in [0.5, 0.6) is 0 Å². The molecule has 104 valence electrons. The summed E-state index contributed by atoms with van der Waals surface area (Å²) in [5, 5.41) is 3.96. The molecule has 2 aromatic heterocycles. The molecule has 0 aliphatic heterocycles. The third-order valence-corrected chi connectivity index (χ3v) is 3.86. The Morgan fingerprint density at radius 3 is 2.71 bits per heavy atom. The predicted octanol–water partition coefficient (Wildman–Crippen LogP) is 1.03. The van der Waals surface area contributed by atoms with E-state index in [2.05, 4.69) is 10.1 Å². The van der Waals surface area contributed by atoms with E-state index in [1.54, 1.807) is 12.2 Å². The van der Waals surface area contributed by atoms with Crippen LogP contribution in [0.15, 0.2) is 46.0 Å². The summed E-state index contributed by atoms with van der Waals surface area (Å²) in [6.07, 6.45) is 5.41. The summed E-state index contributed by atoms with van der Waals surface area (Å²) in [5.41, 5.74) is 0.601. The summed E-state index contributed by atoms with van der Waals surface area (Å²) < 4.78 is 1.66. The molecular formula is C15H11N3O2S. The molecule has 0 spiro atoms. The van der Waals surface area contributed by atoms with E-state index in [1.165, 1.54) is 11.4 Å². The van der Waals surface area contributed by atoms with Gasteiger partial charge in [0.1, 0.15) is 5.69 Å². The first-order valence-electron chi connectivity index (χ1n) is 6.29. The van der Waals surface area contributed by atoms with Crippen LogP contribution in [-0.4, -0.2) is 14.6 Å². The van der Waals surface area contributed by atoms with Crippen molar-refractivity contribution < 1.29 is 0 Å². The van der Waals surface area contributed by atoms with Crippen molar-refractivity contribution in [1.82, 2.24) is 14.6 Å². The highest BCUT2D eigenvalue weighted by Crippen LogP contribution is 2.01. The minimum absolute atomic E-state index is 0.216. The number of benzene rings is 1. The van der Waals surface area contributed by atoms with Crippen LogP contribution >= 0.6 is 11.3 Å². The number of rotatable bonds is 2. The van der Waals surface area contributed by atoms with E-state index in [0.717, 1.165) is 16.9 Å². The fourth-order valence-corrected chi connectivity index (χ4v) is 2.67. The lowest BCUT2D eigenvalue weighted by atomic mass is 10.2. The lowest BCUT2D eigenvalue weighted by molar-refractivity contribution is 0.833. The molecule has 0 unspecified atom stereocenters.